The molecule has 1 aliphatic rings. The number of hydrogen-bond donors (Lipinski definition) is 0. The van der Waals surface area contributed by atoms with Gasteiger partial charge in [0.25, 0.3) is 0 Å². The first-order chi connectivity index (χ1) is 8.07. The van der Waals surface area contributed by atoms with E-state index in [4.69, 9.17) is 4.74 Å². The molecule has 0 aliphatic heterocycles. The topological polar surface area (TPSA) is 35.0 Å². The summed E-state index contributed by atoms with van der Waals surface area (Å²) in [6, 6.07) is 0. The summed E-state index contributed by atoms with van der Waals surface area (Å²) in [6.45, 7) is 0. The van der Waals surface area contributed by atoms with Gasteiger partial charge in [-0.15, -0.1) is 0 Å². The molecule has 1 aromatic heterocycles. The molecule has 1 saturated carbocycles. The largest absolute Gasteiger partial charge is 0.474 e. The lowest BCUT2D eigenvalue weighted by Gasteiger charge is -2.23. The first-order valence-electron chi connectivity index (χ1n) is 5.54. The predicted molar refractivity (Wildman–Crippen MR) is 53.4 cm³/mol. The number of ether oxygens (including phenoxy) is 1. The third-order valence-corrected chi connectivity index (χ3v) is 2.77. The zero-order valence-electron chi connectivity index (χ0n) is 9.13. The van der Waals surface area contributed by atoms with Crippen LogP contribution in [0.2, 0.25) is 0 Å². The maximum atomic E-state index is 12.6. The minimum Gasteiger partial charge on any atom is -0.474 e. The molecule has 2 rings (SSSR count). The first kappa shape index (κ1) is 12.1. The molecule has 0 spiro atoms. The van der Waals surface area contributed by atoms with E-state index in [1.54, 1.807) is 0 Å². The summed E-state index contributed by atoms with van der Waals surface area (Å²) >= 11 is 0. The molecule has 0 bridgehead atoms. The van der Waals surface area contributed by atoms with Gasteiger partial charge in [-0.2, -0.15) is 18.2 Å². The van der Waals surface area contributed by atoms with Crippen LogP contribution in [0.15, 0.2) is 6.20 Å². The number of alkyl halides is 3. The van der Waals surface area contributed by atoms with Crippen LogP contribution in [-0.4, -0.2) is 16.1 Å². The fourth-order valence-electron chi connectivity index (χ4n) is 1.91. The zero-order chi connectivity index (χ0) is 12.3. The van der Waals surface area contributed by atoms with Crippen molar-refractivity contribution in [3.63, 3.8) is 0 Å². The van der Waals surface area contributed by atoms with Crippen LogP contribution in [0, 0.1) is 6.33 Å². The highest BCUT2D eigenvalue weighted by Gasteiger charge is 2.36. The Hall–Kier alpha value is -1.33. The van der Waals surface area contributed by atoms with Crippen molar-refractivity contribution in [3.8, 4) is 5.88 Å². The summed E-state index contributed by atoms with van der Waals surface area (Å²) in [5, 5.41) is 0. The second-order valence-corrected chi connectivity index (χ2v) is 4.06. The number of nitrogens with zero attached hydrogens (tertiary/aromatic N) is 2. The molecule has 0 amide bonds. The Morgan fingerprint density at radius 2 is 1.94 bits per heavy atom. The maximum absolute atomic E-state index is 12.6. The Morgan fingerprint density at radius 3 is 2.59 bits per heavy atom. The smallest absolute Gasteiger partial charge is 0.423 e. The van der Waals surface area contributed by atoms with Crippen molar-refractivity contribution in [3.05, 3.63) is 18.1 Å². The number of hydrogen-bond acceptors (Lipinski definition) is 3. The highest BCUT2D eigenvalue weighted by Crippen LogP contribution is 2.35. The molecule has 0 atom stereocenters. The van der Waals surface area contributed by atoms with Gasteiger partial charge in [-0.25, -0.2) is 4.98 Å². The molecular formula is C11H12F3N2O. The average Bonchev–Trinajstić information content (AvgIpc) is 2.30. The maximum Gasteiger partial charge on any atom is 0.423 e. The van der Waals surface area contributed by atoms with Crippen molar-refractivity contribution in [1.29, 1.82) is 0 Å². The summed E-state index contributed by atoms with van der Waals surface area (Å²) in [7, 11) is 0. The second-order valence-electron chi connectivity index (χ2n) is 4.06. The van der Waals surface area contributed by atoms with E-state index in [0.29, 0.717) is 6.20 Å². The van der Waals surface area contributed by atoms with Gasteiger partial charge in [0, 0.05) is 6.20 Å². The quantitative estimate of drug-likeness (QED) is 0.803. The summed E-state index contributed by atoms with van der Waals surface area (Å²) in [6.07, 6.45) is 2.82. The van der Waals surface area contributed by atoms with E-state index in [0.717, 1.165) is 32.1 Å². The third kappa shape index (κ3) is 3.08. The van der Waals surface area contributed by atoms with Crippen LogP contribution in [0.4, 0.5) is 13.2 Å². The van der Waals surface area contributed by atoms with E-state index in [-0.39, 0.29) is 6.10 Å². The molecule has 1 heterocycles. The van der Waals surface area contributed by atoms with Crippen molar-refractivity contribution in [2.24, 2.45) is 0 Å². The van der Waals surface area contributed by atoms with E-state index >= 15 is 0 Å². The van der Waals surface area contributed by atoms with Crippen LogP contribution in [0.1, 0.15) is 37.7 Å². The van der Waals surface area contributed by atoms with E-state index in [2.05, 4.69) is 16.3 Å². The van der Waals surface area contributed by atoms with Gasteiger partial charge in [0.2, 0.25) is 12.2 Å². The highest BCUT2D eigenvalue weighted by atomic mass is 19.4. The van der Waals surface area contributed by atoms with Gasteiger partial charge in [0.05, 0.1) is 0 Å². The summed E-state index contributed by atoms with van der Waals surface area (Å²) in [5.41, 5.74) is -0.929. The van der Waals surface area contributed by atoms with Crippen molar-refractivity contribution >= 4 is 0 Å². The Labute approximate surface area is 97.0 Å². The van der Waals surface area contributed by atoms with Gasteiger partial charge in [-0.05, 0) is 25.7 Å². The van der Waals surface area contributed by atoms with Crippen LogP contribution in [0.25, 0.3) is 0 Å². The number of halogens is 3. The minimum atomic E-state index is -4.49. The molecular weight excluding hydrogens is 233 g/mol. The lowest BCUT2D eigenvalue weighted by atomic mass is 9.98. The SMILES string of the molecule is FC(F)(F)c1cn[c]nc1OC1CCCCC1. The molecule has 93 valence electrons. The van der Waals surface area contributed by atoms with Crippen molar-refractivity contribution < 1.29 is 17.9 Å². The predicted octanol–water partition coefficient (Wildman–Crippen LogP) is 3.01. The van der Waals surface area contributed by atoms with E-state index in [1.807, 2.05) is 0 Å². The van der Waals surface area contributed by atoms with E-state index < -0.39 is 17.6 Å². The average molecular weight is 245 g/mol. The normalized spacial score (nSPS) is 18.1. The molecule has 0 aromatic carbocycles. The lowest BCUT2D eigenvalue weighted by molar-refractivity contribution is -0.140. The Bertz CT molecular complexity index is 375. The van der Waals surface area contributed by atoms with E-state index in [9.17, 15) is 13.2 Å². The van der Waals surface area contributed by atoms with Gasteiger partial charge < -0.3 is 4.74 Å². The fraction of sp³-hybridized carbons (Fsp3) is 0.636. The van der Waals surface area contributed by atoms with Crippen molar-refractivity contribution in [2.45, 2.75) is 44.4 Å². The molecule has 17 heavy (non-hydrogen) atoms. The van der Waals surface area contributed by atoms with Crippen LogP contribution in [0.5, 0.6) is 5.88 Å². The molecule has 0 saturated heterocycles. The van der Waals surface area contributed by atoms with Gasteiger partial charge in [0.1, 0.15) is 11.7 Å². The fourth-order valence-corrected chi connectivity index (χ4v) is 1.91. The Balaban J connectivity index is 2.14. The van der Waals surface area contributed by atoms with Gasteiger partial charge in [0.15, 0.2) is 0 Å². The zero-order valence-corrected chi connectivity index (χ0v) is 9.13. The summed E-state index contributed by atoms with van der Waals surface area (Å²) < 4.78 is 43.2. The molecule has 0 N–H and O–H groups in total. The standard InChI is InChI=1S/C11H12F3N2O/c12-11(13,14)9-6-15-7-16-10(9)17-8-4-2-1-3-5-8/h6,8H,1-5H2. The summed E-state index contributed by atoms with van der Waals surface area (Å²) in [5.74, 6) is -0.403. The molecule has 1 fully saturated rings. The first-order valence-corrected chi connectivity index (χ1v) is 5.54. The van der Waals surface area contributed by atoms with Crippen LogP contribution in [0.3, 0.4) is 0 Å². The molecule has 0 unspecified atom stereocenters. The molecule has 1 radical (unpaired) electrons. The molecule has 1 aliphatic carbocycles. The van der Waals surface area contributed by atoms with Crippen LogP contribution < -0.4 is 4.74 Å². The Morgan fingerprint density at radius 1 is 1.24 bits per heavy atom. The molecule has 1 aromatic rings. The summed E-state index contributed by atoms with van der Waals surface area (Å²) in [4.78, 5) is 6.73. The van der Waals surface area contributed by atoms with Gasteiger partial charge >= 0.3 is 6.18 Å². The monoisotopic (exact) mass is 245 g/mol. The number of rotatable bonds is 2. The minimum absolute atomic E-state index is 0.173. The van der Waals surface area contributed by atoms with Crippen molar-refractivity contribution in [2.75, 3.05) is 0 Å². The van der Waals surface area contributed by atoms with Crippen LogP contribution >= 0.6 is 0 Å². The van der Waals surface area contributed by atoms with E-state index in [1.165, 1.54) is 0 Å². The number of aromatic nitrogens is 2. The lowest BCUT2D eigenvalue weighted by Crippen LogP contribution is -2.22. The third-order valence-electron chi connectivity index (χ3n) is 2.77. The van der Waals surface area contributed by atoms with Crippen LogP contribution in [-0.2, 0) is 6.18 Å². The van der Waals surface area contributed by atoms with Gasteiger partial charge in [-0.1, -0.05) is 6.42 Å². The van der Waals surface area contributed by atoms with Crippen molar-refractivity contribution in [1.82, 2.24) is 9.97 Å². The molecule has 6 heteroatoms. The Kier molecular flexibility index (Phi) is 3.49. The second kappa shape index (κ2) is 4.89. The van der Waals surface area contributed by atoms with Gasteiger partial charge in [-0.3, -0.25) is 0 Å². The molecule has 3 nitrogen and oxygen atoms in total. The highest BCUT2D eigenvalue weighted by molar-refractivity contribution is 5.25.